The van der Waals surface area contributed by atoms with Gasteiger partial charge in [-0.15, -0.1) is 0 Å². The Morgan fingerprint density at radius 3 is 1.43 bits per heavy atom. The Labute approximate surface area is 132 Å². The van der Waals surface area contributed by atoms with Crippen molar-refractivity contribution in [3.63, 3.8) is 0 Å². The number of ether oxygens (including phenoxy) is 3. The van der Waals surface area contributed by atoms with E-state index in [1.807, 2.05) is 0 Å². The highest BCUT2D eigenvalue weighted by atomic mass is 16.6. The number of unbranched alkanes of at least 4 members (excludes halogenated alkanes) is 6. The topological polar surface area (TPSA) is 27.7 Å². The average molecular weight is 302 g/mol. The predicted molar refractivity (Wildman–Crippen MR) is 90.0 cm³/mol. The Hall–Kier alpha value is -0.120. The highest BCUT2D eigenvalue weighted by Gasteiger charge is 2.09. The van der Waals surface area contributed by atoms with Crippen molar-refractivity contribution in [1.29, 1.82) is 0 Å². The molecule has 0 spiro atoms. The van der Waals surface area contributed by atoms with Crippen molar-refractivity contribution >= 4 is 0 Å². The van der Waals surface area contributed by atoms with Gasteiger partial charge in [0.1, 0.15) is 6.10 Å². The van der Waals surface area contributed by atoms with Gasteiger partial charge < -0.3 is 14.2 Å². The van der Waals surface area contributed by atoms with Gasteiger partial charge >= 0.3 is 0 Å². The number of rotatable bonds is 17. The van der Waals surface area contributed by atoms with Gasteiger partial charge in [0.05, 0.1) is 13.2 Å². The van der Waals surface area contributed by atoms with Crippen LogP contribution in [-0.4, -0.2) is 39.1 Å². The van der Waals surface area contributed by atoms with E-state index < -0.39 is 0 Å². The van der Waals surface area contributed by atoms with Crippen LogP contribution in [0.3, 0.4) is 0 Å². The molecule has 128 valence electrons. The third-order valence-electron chi connectivity index (χ3n) is 3.49. The van der Waals surface area contributed by atoms with Crippen molar-refractivity contribution in [2.24, 2.45) is 0 Å². The number of hydrogen-bond acceptors (Lipinski definition) is 3. The molecule has 0 saturated carbocycles. The maximum Gasteiger partial charge on any atom is 0.104 e. The van der Waals surface area contributed by atoms with Gasteiger partial charge in [0.15, 0.2) is 0 Å². The highest BCUT2D eigenvalue weighted by Crippen LogP contribution is 2.03. The van der Waals surface area contributed by atoms with Crippen molar-refractivity contribution in [2.75, 3.05) is 33.0 Å². The van der Waals surface area contributed by atoms with Crippen molar-refractivity contribution < 1.29 is 14.2 Å². The lowest BCUT2D eigenvalue weighted by Crippen LogP contribution is -2.26. The largest absolute Gasteiger partial charge is 0.379 e. The van der Waals surface area contributed by atoms with E-state index >= 15 is 0 Å². The van der Waals surface area contributed by atoms with Crippen LogP contribution in [0.1, 0.15) is 78.6 Å². The first kappa shape index (κ1) is 20.9. The zero-order chi connectivity index (χ0) is 15.6. The molecule has 0 fully saturated rings. The lowest BCUT2D eigenvalue weighted by molar-refractivity contribution is -0.0615. The summed E-state index contributed by atoms with van der Waals surface area (Å²) in [7, 11) is 0. The minimum absolute atomic E-state index is 0.102. The molecule has 0 amide bonds. The smallest absolute Gasteiger partial charge is 0.104 e. The monoisotopic (exact) mass is 302 g/mol. The Morgan fingerprint density at radius 2 is 1.00 bits per heavy atom. The molecule has 0 bridgehead atoms. The van der Waals surface area contributed by atoms with Crippen LogP contribution in [0, 0.1) is 0 Å². The van der Waals surface area contributed by atoms with Crippen LogP contribution in [-0.2, 0) is 14.2 Å². The molecule has 0 aromatic rings. The summed E-state index contributed by atoms with van der Waals surface area (Å²) in [5.74, 6) is 0. The van der Waals surface area contributed by atoms with E-state index in [1.165, 1.54) is 38.5 Å². The van der Waals surface area contributed by atoms with Crippen molar-refractivity contribution in [2.45, 2.75) is 84.7 Å². The van der Waals surface area contributed by atoms with E-state index in [-0.39, 0.29) is 6.10 Å². The zero-order valence-electron chi connectivity index (χ0n) is 14.7. The predicted octanol–water partition coefficient (Wildman–Crippen LogP) is 4.98. The van der Waals surface area contributed by atoms with E-state index in [0.29, 0.717) is 13.2 Å². The second-order valence-corrected chi connectivity index (χ2v) is 5.76. The quantitative estimate of drug-likeness (QED) is 0.355. The van der Waals surface area contributed by atoms with E-state index in [0.717, 1.165) is 39.1 Å². The van der Waals surface area contributed by atoms with Crippen LogP contribution in [0.4, 0.5) is 0 Å². The summed E-state index contributed by atoms with van der Waals surface area (Å²) in [6.07, 6.45) is 11.0. The molecule has 0 aromatic carbocycles. The molecule has 0 saturated heterocycles. The van der Waals surface area contributed by atoms with Crippen molar-refractivity contribution in [3.05, 3.63) is 0 Å². The van der Waals surface area contributed by atoms with Gasteiger partial charge in [-0.3, -0.25) is 0 Å². The van der Waals surface area contributed by atoms with Crippen molar-refractivity contribution in [1.82, 2.24) is 0 Å². The Kier molecular flexibility index (Phi) is 17.8. The fraction of sp³-hybridized carbons (Fsp3) is 1.00. The molecule has 0 aliphatic carbocycles. The fourth-order valence-electron chi connectivity index (χ4n) is 2.08. The molecule has 3 nitrogen and oxygen atoms in total. The second-order valence-electron chi connectivity index (χ2n) is 5.76. The molecular formula is C18H38O3. The highest BCUT2D eigenvalue weighted by molar-refractivity contribution is 4.56. The molecular weight excluding hydrogens is 264 g/mol. The second kappa shape index (κ2) is 17.9. The lowest BCUT2D eigenvalue weighted by atomic mass is 10.2. The fourth-order valence-corrected chi connectivity index (χ4v) is 2.08. The average Bonchev–Trinajstić information content (AvgIpc) is 2.50. The third-order valence-corrected chi connectivity index (χ3v) is 3.49. The Balaban J connectivity index is 3.69. The van der Waals surface area contributed by atoms with Gasteiger partial charge in [0.25, 0.3) is 0 Å². The first-order valence-electron chi connectivity index (χ1n) is 9.12. The van der Waals surface area contributed by atoms with Gasteiger partial charge in [-0.05, 0) is 19.3 Å². The summed E-state index contributed by atoms with van der Waals surface area (Å²) < 4.78 is 17.4. The molecule has 0 rings (SSSR count). The molecule has 0 aliphatic rings. The molecule has 3 heteroatoms. The van der Waals surface area contributed by atoms with Crippen LogP contribution < -0.4 is 0 Å². The summed E-state index contributed by atoms with van der Waals surface area (Å²) >= 11 is 0. The minimum Gasteiger partial charge on any atom is -0.379 e. The van der Waals surface area contributed by atoms with Gasteiger partial charge in [-0.2, -0.15) is 0 Å². The van der Waals surface area contributed by atoms with Gasteiger partial charge in [0, 0.05) is 19.8 Å². The maximum absolute atomic E-state index is 5.91. The standard InChI is InChI=1S/C18H38O3/c1-4-7-10-13-19-16-18(21-15-12-9-6-3)17-20-14-11-8-5-2/h18H,4-17H2,1-3H3. The Bertz CT molecular complexity index is 171. The Morgan fingerprint density at radius 1 is 0.571 bits per heavy atom. The van der Waals surface area contributed by atoms with E-state index in [1.54, 1.807) is 0 Å². The van der Waals surface area contributed by atoms with Crippen LogP contribution in [0.2, 0.25) is 0 Å². The summed E-state index contributed by atoms with van der Waals surface area (Å²) in [5, 5.41) is 0. The maximum atomic E-state index is 5.91. The molecule has 0 heterocycles. The lowest BCUT2D eigenvalue weighted by Gasteiger charge is -2.18. The molecule has 0 N–H and O–H groups in total. The molecule has 0 aromatic heterocycles. The van der Waals surface area contributed by atoms with Crippen LogP contribution >= 0.6 is 0 Å². The van der Waals surface area contributed by atoms with E-state index in [9.17, 15) is 0 Å². The SMILES string of the molecule is CCCCCOCC(COCCCCC)OCCCCC. The summed E-state index contributed by atoms with van der Waals surface area (Å²) in [6.45, 7) is 10.5. The summed E-state index contributed by atoms with van der Waals surface area (Å²) in [4.78, 5) is 0. The van der Waals surface area contributed by atoms with Crippen molar-refractivity contribution in [3.8, 4) is 0 Å². The number of hydrogen-bond donors (Lipinski definition) is 0. The zero-order valence-corrected chi connectivity index (χ0v) is 14.7. The molecule has 0 aliphatic heterocycles. The first-order chi connectivity index (χ1) is 10.3. The van der Waals surface area contributed by atoms with E-state index in [2.05, 4.69) is 20.8 Å². The minimum atomic E-state index is 0.102. The third kappa shape index (κ3) is 16.1. The summed E-state index contributed by atoms with van der Waals surface area (Å²) in [5.41, 5.74) is 0. The van der Waals surface area contributed by atoms with Crippen LogP contribution in [0.5, 0.6) is 0 Å². The molecule has 0 unspecified atom stereocenters. The van der Waals surface area contributed by atoms with Gasteiger partial charge in [0.2, 0.25) is 0 Å². The van der Waals surface area contributed by atoms with E-state index in [4.69, 9.17) is 14.2 Å². The summed E-state index contributed by atoms with van der Waals surface area (Å²) in [6, 6.07) is 0. The molecule has 21 heavy (non-hydrogen) atoms. The van der Waals surface area contributed by atoms with Gasteiger partial charge in [-0.25, -0.2) is 0 Å². The molecule has 0 radical (unpaired) electrons. The normalized spacial score (nSPS) is 11.4. The van der Waals surface area contributed by atoms with Gasteiger partial charge in [-0.1, -0.05) is 59.3 Å². The first-order valence-corrected chi connectivity index (χ1v) is 9.12. The molecule has 0 atom stereocenters. The van der Waals surface area contributed by atoms with Crippen LogP contribution in [0.25, 0.3) is 0 Å². The van der Waals surface area contributed by atoms with Crippen LogP contribution in [0.15, 0.2) is 0 Å².